The Morgan fingerprint density at radius 2 is 1.96 bits per heavy atom. The molecule has 7 nitrogen and oxygen atoms in total. The molecule has 1 aliphatic heterocycles. The fraction of sp³-hybridized carbons (Fsp3) is 0.368. The highest BCUT2D eigenvalue weighted by Crippen LogP contribution is 2.27. The summed E-state index contributed by atoms with van der Waals surface area (Å²) in [4.78, 5) is 12.8. The normalized spacial score (nSPS) is 14.5. The minimum Gasteiger partial charge on any atom is -0.506 e. The first-order valence-corrected chi connectivity index (χ1v) is 8.79. The number of aromatic hydroxyl groups is 1. The van der Waals surface area contributed by atoms with Crippen molar-refractivity contribution >= 4 is 35.6 Å². The van der Waals surface area contributed by atoms with E-state index in [0.29, 0.717) is 18.9 Å². The van der Waals surface area contributed by atoms with Gasteiger partial charge in [0.2, 0.25) is 0 Å². The Hall–Kier alpha value is -2.23. The Labute approximate surface area is 177 Å². The smallest absolute Gasteiger partial charge is 0.193 e. The number of rotatable bonds is 5. The molecule has 2 N–H and O–H groups in total. The lowest BCUT2D eigenvalue weighted by molar-refractivity contribution is 0.313. The van der Waals surface area contributed by atoms with Crippen LogP contribution in [0.4, 0.5) is 5.69 Å². The van der Waals surface area contributed by atoms with E-state index in [0.717, 1.165) is 43.6 Å². The monoisotopic (exact) mass is 483 g/mol. The first-order chi connectivity index (χ1) is 12.8. The number of guanidine groups is 1. The third-order valence-electron chi connectivity index (χ3n) is 4.30. The fourth-order valence-electron chi connectivity index (χ4n) is 2.99. The Morgan fingerprint density at radius 3 is 2.63 bits per heavy atom. The summed E-state index contributed by atoms with van der Waals surface area (Å²) < 4.78 is 5.64. The highest BCUT2D eigenvalue weighted by atomic mass is 127. The van der Waals surface area contributed by atoms with E-state index >= 15 is 0 Å². The van der Waals surface area contributed by atoms with Crippen LogP contribution in [0.25, 0.3) is 0 Å². The maximum atomic E-state index is 10.0. The van der Waals surface area contributed by atoms with Crippen molar-refractivity contribution in [2.75, 3.05) is 51.3 Å². The first kappa shape index (κ1) is 21.1. The topological polar surface area (TPSA) is 73.2 Å². The predicted octanol–water partition coefficient (Wildman–Crippen LogP) is 2.18. The lowest BCUT2D eigenvalue weighted by atomic mass is 10.2. The lowest BCUT2D eigenvalue weighted by Gasteiger charge is -2.37. The summed E-state index contributed by atoms with van der Waals surface area (Å²) in [5, 5.41) is 13.3. The van der Waals surface area contributed by atoms with Gasteiger partial charge in [0, 0.05) is 39.4 Å². The van der Waals surface area contributed by atoms with Crippen molar-refractivity contribution < 1.29 is 9.84 Å². The zero-order valence-electron chi connectivity index (χ0n) is 15.4. The molecule has 1 aromatic heterocycles. The predicted molar refractivity (Wildman–Crippen MR) is 118 cm³/mol. The average molecular weight is 483 g/mol. The van der Waals surface area contributed by atoms with Gasteiger partial charge < -0.3 is 25.0 Å². The summed E-state index contributed by atoms with van der Waals surface area (Å²) in [5.74, 6) is 1.97. The van der Waals surface area contributed by atoms with Gasteiger partial charge in [-0.15, -0.1) is 24.0 Å². The van der Waals surface area contributed by atoms with Gasteiger partial charge in [-0.25, -0.2) is 0 Å². The molecule has 0 aliphatic carbocycles. The Bertz CT molecular complexity index is 721. The summed E-state index contributed by atoms with van der Waals surface area (Å²) in [6.07, 6.45) is 3.43. The summed E-state index contributed by atoms with van der Waals surface area (Å²) >= 11 is 0. The molecule has 0 radical (unpaired) electrons. The van der Waals surface area contributed by atoms with E-state index in [9.17, 15) is 5.11 Å². The van der Waals surface area contributed by atoms with Crippen molar-refractivity contribution in [3.63, 3.8) is 0 Å². The zero-order valence-corrected chi connectivity index (χ0v) is 17.7. The minimum absolute atomic E-state index is 0. The molecule has 146 valence electrons. The van der Waals surface area contributed by atoms with Gasteiger partial charge in [-0.05, 0) is 24.3 Å². The molecule has 2 aromatic rings. The van der Waals surface area contributed by atoms with E-state index in [1.807, 2.05) is 30.3 Å². The van der Waals surface area contributed by atoms with Crippen molar-refractivity contribution in [2.45, 2.75) is 0 Å². The number of hydrogen-bond donors (Lipinski definition) is 2. The van der Waals surface area contributed by atoms with Crippen molar-refractivity contribution in [3.05, 3.63) is 48.8 Å². The molecule has 1 saturated heterocycles. The van der Waals surface area contributed by atoms with Gasteiger partial charge in [0.05, 0.1) is 18.4 Å². The van der Waals surface area contributed by atoms with Crippen LogP contribution in [0.5, 0.6) is 11.5 Å². The SMILES string of the molecule is CN=C(NCCOc1cccnc1)N1CCN(c2ccccc2O)CC1.I. The molecule has 3 rings (SSSR count). The first-order valence-electron chi connectivity index (χ1n) is 8.79. The van der Waals surface area contributed by atoms with E-state index in [2.05, 4.69) is 25.1 Å². The van der Waals surface area contributed by atoms with Crippen LogP contribution < -0.4 is 15.0 Å². The van der Waals surface area contributed by atoms with Crippen LogP contribution in [0.3, 0.4) is 0 Å². The maximum absolute atomic E-state index is 10.0. The number of halogens is 1. The quantitative estimate of drug-likeness (QED) is 0.294. The third kappa shape index (κ3) is 5.88. The molecule has 0 amide bonds. The van der Waals surface area contributed by atoms with Crippen LogP contribution in [-0.2, 0) is 0 Å². The minimum atomic E-state index is 0. The number of nitrogens with one attached hydrogen (secondary N) is 1. The Balaban J connectivity index is 0.00000261. The number of phenolic OH excluding ortho intramolecular Hbond substituents is 1. The van der Waals surface area contributed by atoms with Crippen molar-refractivity contribution in [1.82, 2.24) is 15.2 Å². The molecular formula is C19H26IN5O2. The molecule has 27 heavy (non-hydrogen) atoms. The second-order valence-electron chi connectivity index (χ2n) is 5.97. The highest BCUT2D eigenvalue weighted by molar-refractivity contribution is 14.0. The Morgan fingerprint density at radius 1 is 1.19 bits per heavy atom. The second-order valence-corrected chi connectivity index (χ2v) is 5.97. The fourth-order valence-corrected chi connectivity index (χ4v) is 2.99. The number of anilines is 1. The van der Waals surface area contributed by atoms with E-state index in [1.54, 1.807) is 25.5 Å². The van der Waals surface area contributed by atoms with Gasteiger partial charge in [-0.3, -0.25) is 9.98 Å². The molecule has 8 heteroatoms. The van der Waals surface area contributed by atoms with Gasteiger partial charge in [-0.1, -0.05) is 12.1 Å². The molecule has 1 aliphatic rings. The molecule has 0 unspecified atom stereocenters. The highest BCUT2D eigenvalue weighted by Gasteiger charge is 2.21. The summed E-state index contributed by atoms with van der Waals surface area (Å²) in [6.45, 7) is 4.58. The van der Waals surface area contributed by atoms with Gasteiger partial charge in [0.1, 0.15) is 18.1 Å². The molecule has 0 saturated carbocycles. The Kier molecular flexibility index (Phi) is 8.43. The number of piperazine rings is 1. The molecule has 0 atom stereocenters. The number of pyridine rings is 1. The number of aromatic nitrogens is 1. The standard InChI is InChI=1S/C19H25N5O2.HI/c1-20-19(22-9-14-26-16-5-4-8-21-15-16)24-12-10-23(11-13-24)17-6-2-3-7-18(17)25;/h2-8,15,25H,9-14H2,1H3,(H,20,22);1H. The van der Waals surface area contributed by atoms with Crippen molar-refractivity contribution in [2.24, 2.45) is 4.99 Å². The van der Waals surface area contributed by atoms with Crippen LogP contribution in [0.15, 0.2) is 53.8 Å². The molecule has 0 bridgehead atoms. The van der Waals surface area contributed by atoms with Crippen molar-refractivity contribution in [3.8, 4) is 11.5 Å². The summed E-state index contributed by atoms with van der Waals surface area (Å²) in [7, 11) is 1.79. The largest absolute Gasteiger partial charge is 0.506 e. The van der Waals surface area contributed by atoms with Crippen LogP contribution >= 0.6 is 24.0 Å². The maximum Gasteiger partial charge on any atom is 0.193 e. The van der Waals surface area contributed by atoms with E-state index in [4.69, 9.17) is 4.74 Å². The zero-order chi connectivity index (χ0) is 18.2. The van der Waals surface area contributed by atoms with Gasteiger partial charge in [0.25, 0.3) is 0 Å². The number of para-hydroxylation sites is 2. The number of ether oxygens (including phenoxy) is 1. The van der Waals surface area contributed by atoms with Gasteiger partial charge >= 0.3 is 0 Å². The molecule has 2 heterocycles. The van der Waals surface area contributed by atoms with Crippen LogP contribution in [0.2, 0.25) is 0 Å². The average Bonchev–Trinajstić information content (AvgIpc) is 2.70. The van der Waals surface area contributed by atoms with Crippen LogP contribution in [-0.4, -0.2) is 67.3 Å². The van der Waals surface area contributed by atoms with E-state index in [1.165, 1.54) is 0 Å². The number of phenols is 1. The summed E-state index contributed by atoms with van der Waals surface area (Å²) in [5.41, 5.74) is 0.889. The molecule has 1 aromatic carbocycles. The van der Waals surface area contributed by atoms with Gasteiger partial charge in [0.15, 0.2) is 5.96 Å². The second kappa shape index (κ2) is 10.8. The van der Waals surface area contributed by atoms with Crippen LogP contribution in [0, 0.1) is 0 Å². The number of hydrogen-bond acceptors (Lipinski definition) is 5. The molecular weight excluding hydrogens is 457 g/mol. The molecule has 0 spiro atoms. The third-order valence-corrected chi connectivity index (χ3v) is 4.30. The number of benzene rings is 1. The molecule has 1 fully saturated rings. The summed E-state index contributed by atoms with van der Waals surface area (Å²) in [6, 6.07) is 11.2. The number of nitrogens with zero attached hydrogens (tertiary/aromatic N) is 4. The number of aliphatic imine (C=N–C) groups is 1. The van der Waals surface area contributed by atoms with Crippen LogP contribution in [0.1, 0.15) is 0 Å². The lowest BCUT2D eigenvalue weighted by Crippen LogP contribution is -2.53. The van der Waals surface area contributed by atoms with Crippen molar-refractivity contribution in [1.29, 1.82) is 0 Å². The van der Waals surface area contributed by atoms with E-state index < -0.39 is 0 Å². The van der Waals surface area contributed by atoms with Gasteiger partial charge in [-0.2, -0.15) is 0 Å². The van der Waals surface area contributed by atoms with E-state index in [-0.39, 0.29) is 24.0 Å².